The van der Waals surface area contributed by atoms with Crippen LogP contribution in [-0.2, 0) is 11.8 Å². The molecule has 0 fully saturated rings. The van der Waals surface area contributed by atoms with Crippen molar-refractivity contribution in [2.24, 2.45) is 0 Å². The van der Waals surface area contributed by atoms with E-state index in [0.717, 1.165) is 41.9 Å². The third-order valence-electron chi connectivity index (χ3n) is 4.47. The standard InChI is InChI=1S/C20H24N2O/c1-20(2,3)16-8-6-14(7-9-16)19(23)22-12-4-5-15-13-17(21)10-11-18(15)22/h6-11,13H,4-5,12,21H2,1-3H3. The Balaban J connectivity index is 1.90. The minimum Gasteiger partial charge on any atom is -0.399 e. The van der Waals surface area contributed by atoms with Crippen molar-refractivity contribution in [1.82, 2.24) is 0 Å². The minimum absolute atomic E-state index is 0.0659. The first kappa shape index (κ1) is 15.6. The Morgan fingerprint density at radius 3 is 2.43 bits per heavy atom. The number of hydrogen-bond acceptors (Lipinski definition) is 2. The van der Waals surface area contributed by atoms with Crippen LogP contribution in [0.25, 0.3) is 0 Å². The summed E-state index contributed by atoms with van der Waals surface area (Å²) in [5.41, 5.74) is 10.9. The van der Waals surface area contributed by atoms with E-state index in [2.05, 4.69) is 32.9 Å². The number of anilines is 2. The first-order chi connectivity index (χ1) is 10.9. The van der Waals surface area contributed by atoms with E-state index in [1.807, 2.05) is 35.2 Å². The molecule has 1 aliphatic rings. The Bertz CT molecular complexity index is 726. The zero-order valence-electron chi connectivity index (χ0n) is 14.1. The van der Waals surface area contributed by atoms with Gasteiger partial charge in [0.25, 0.3) is 5.91 Å². The van der Waals surface area contributed by atoms with Gasteiger partial charge >= 0.3 is 0 Å². The molecule has 0 unspecified atom stereocenters. The molecule has 2 aromatic rings. The van der Waals surface area contributed by atoms with Crippen LogP contribution in [0.3, 0.4) is 0 Å². The number of nitrogen functional groups attached to an aromatic ring is 1. The zero-order valence-corrected chi connectivity index (χ0v) is 14.1. The molecule has 0 atom stereocenters. The highest BCUT2D eigenvalue weighted by Crippen LogP contribution is 2.30. The first-order valence-corrected chi connectivity index (χ1v) is 8.17. The molecule has 1 heterocycles. The van der Waals surface area contributed by atoms with E-state index in [9.17, 15) is 4.79 Å². The van der Waals surface area contributed by atoms with Gasteiger partial charge in [-0.15, -0.1) is 0 Å². The summed E-state index contributed by atoms with van der Waals surface area (Å²) in [5, 5.41) is 0. The van der Waals surface area contributed by atoms with E-state index in [0.29, 0.717) is 0 Å². The van der Waals surface area contributed by atoms with Gasteiger partial charge in [0, 0.05) is 23.5 Å². The van der Waals surface area contributed by atoms with Gasteiger partial charge in [-0.05, 0) is 59.7 Å². The van der Waals surface area contributed by atoms with Crippen LogP contribution in [0.2, 0.25) is 0 Å². The van der Waals surface area contributed by atoms with E-state index in [1.54, 1.807) is 0 Å². The van der Waals surface area contributed by atoms with Gasteiger partial charge in [0.2, 0.25) is 0 Å². The summed E-state index contributed by atoms with van der Waals surface area (Å²) in [6, 6.07) is 13.8. The maximum Gasteiger partial charge on any atom is 0.258 e. The van der Waals surface area contributed by atoms with E-state index < -0.39 is 0 Å². The predicted octanol–water partition coefficient (Wildman–Crippen LogP) is 4.16. The largest absolute Gasteiger partial charge is 0.399 e. The van der Waals surface area contributed by atoms with Crippen LogP contribution in [0.4, 0.5) is 11.4 Å². The molecule has 0 bridgehead atoms. The molecule has 2 N–H and O–H groups in total. The van der Waals surface area contributed by atoms with E-state index in [1.165, 1.54) is 5.56 Å². The second kappa shape index (κ2) is 5.73. The van der Waals surface area contributed by atoms with Gasteiger partial charge in [-0.25, -0.2) is 0 Å². The molecule has 3 rings (SSSR count). The molecular formula is C20H24N2O. The van der Waals surface area contributed by atoms with Gasteiger partial charge in [-0.1, -0.05) is 32.9 Å². The highest BCUT2D eigenvalue weighted by atomic mass is 16.2. The molecule has 1 aliphatic heterocycles. The number of amides is 1. The summed E-state index contributed by atoms with van der Waals surface area (Å²) >= 11 is 0. The molecule has 1 amide bonds. The second-order valence-corrected chi connectivity index (χ2v) is 7.28. The van der Waals surface area contributed by atoms with Crippen molar-refractivity contribution in [3.63, 3.8) is 0 Å². The average Bonchev–Trinajstić information content (AvgIpc) is 2.52. The van der Waals surface area contributed by atoms with Crippen molar-refractivity contribution in [3.05, 3.63) is 59.2 Å². The topological polar surface area (TPSA) is 46.3 Å². The normalized spacial score (nSPS) is 14.5. The summed E-state index contributed by atoms with van der Waals surface area (Å²) in [6.07, 6.45) is 1.95. The van der Waals surface area contributed by atoms with Crippen LogP contribution < -0.4 is 10.6 Å². The van der Waals surface area contributed by atoms with Crippen LogP contribution >= 0.6 is 0 Å². The van der Waals surface area contributed by atoms with Crippen molar-refractivity contribution in [2.45, 2.75) is 39.0 Å². The quantitative estimate of drug-likeness (QED) is 0.804. The molecule has 3 heteroatoms. The van der Waals surface area contributed by atoms with E-state index >= 15 is 0 Å². The lowest BCUT2D eigenvalue weighted by molar-refractivity contribution is 0.0985. The Kier molecular flexibility index (Phi) is 3.88. The fraction of sp³-hybridized carbons (Fsp3) is 0.350. The molecule has 0 saturated carbocycles. The molecule has 2 aromatic carbocycles. The fourth-order valence-electron chi connectivity index (χ4n) is 3.10. The number of carbonyl (C=O) groups excluding carboxylic acids is 1. The number of nitrogens with zero attached hydrogens (tertiary/aromatic N) is 1. The summed E-state index contributed by atoms with van der Waals surface area (Å²) in [7, 11) is 0. The first-order valence-electron chi connectivity index (χ1n) is 8.17. The Labute approximate surface area is 138 Å². The number of fused-ring (bicyclic) bond motifs is 1. The van der Waals surface area contributed by atoms with E-state index in [4.69, 9.17) is 5.73 Å². The minimum atomic E-state index is 0.0659. The van der Waals surface area contributed by atoms with Crippen LogP contribution in [0.15, 0.2) is 42.5 Å². The lowest BCUT2D eigenvalue weighted by Crippen LogP contribution is -2.35. The fourth-order valence-corrected chi connectivity index (χ4v) is 3.10. The number of carbonyl (C=O) groups is 1. The van der Waals surface area contributed by atoms with Gasteiger partial charge in [0.05, 0.1) is 0 Å². The maximum absolute atomic E-state index is 12.9. The van der Waals surface area contributed by atoms with Gasteiger partial charge in [0.15, 0.2) is 0 Å². The number of benzene rings is 2. The van der Waals surface area contributed by atoms with Crippen molar-refractivity contribution in [3.8, 4) is 0 Å². The Hall–Kier alpha value is -2.29. The highest BCUT2D eigenvalue weighted by molar-refractivity contribution is 6.06. The van der Waals surface area contributed by atoms with Crippen LogP contribution in [0.5, 0.6) is 0 Å². The predicted molar refractivity (Wildman–Crippen MR) is 96.0 cm³/mol. The molecule has 0 saturated heterocycles. The Morgan fingerprint density at radius 2 is 1.78 bits per heavy atom. The number of nitrogens with two attached hydrogens (primary N) is 1. The van der Waals surface area contributed by atoms with Crippen LogP contribution in [0.1, 0.15) is 48.7 Å². The molecular weight excluding hydrogens is 284 g/mol. The highest BCUT2D eigenvalue weighted by Gasteiger charge is 2.24. The molecule has 0 radical (unpaired) electrons. The van der Waals surface area contributed by atoms with Crippen LogP contribution in [0, 0.1) is 0 Å². The SMILES string of the molecule is CC(C)(C)c1ccc(C(=O)N2CCCc3cc(N)ccc32)cc1. The van der Waals surface area contributed by atoms with Crippen molar-refractivity contribution < 1.29 is 4.79 Å². The summed E-state index contributed by atoms with van der Waals surface area (Å²) < 4.78 is 0. The van der Waals surface area contributed by atoms with Crippen molar-refractivity contribution >= 4 is 17.3 Å². The maximum atomic E-state index is 12.9. The Morgan fingerprint density at radius 1 is 1.09 bits per heavy atom. The van der Waals surface area contributed by atoms with Gasteiger partial charge in [0.1, 0.15) is 0 Å². The smallest absolute Gasteiger partial charge is 0.258 e. The van der Waals surface area contributed by atoms with Gasteiger partial charge < -0.3 is 10.6 Å². The summed E-state index contributed by atoms with van der Waals surface area (Å²) in [6.45, 7) is 7.29. The van der Waals surface area contributed by atoms with Gasteiger partial charge in [-0.3, -0.25) is 4.79 Å². The molecule has 23 heavy (non-hydrogen) atoms. The summed E-state index contributed by atoms with van der Waals surface area (Å²) in [4.78, 5) is 14.8. The third kappa shape index (κ3) is 3.09. The molecule has 3 nitrogen and oxygen atoms in total. The zero-order chi connectivity index (χ0) is 16.6. The lowest BCUT2D eigenvalue weighted by atomic mass is 9.86. The summed E-state index contributed by atoms with van der Waals surface area (Å²) in [5.74, 6) is 0.0659. The van der Waals surface area contributed by atoms with Crippen LogP contribution in [-0.4, -0.2) is 12.5 Å². The number of hydrogen-bond donors (Lipinski definition) is 1. The van der Waals surface area contributed by atoms with E-state index in [-0.39, 0.29) is 11.3 Å². The molecule has 120 valence electrons. The number of aryl methyl sites for hydroxylation is 1. The van der Waals surface area contributed by atoms with Crippen molar-refractivity contribution in [1.29, 1.82) is 0 Å². The lowest BCUT2D eigenvalue weighted by Gasteiger charge is -2.30. The molecule has 0 aliphatic carbocycles. The molecule has 0 spiro atoms. The monoisotopic (exact) mass is 308 g/mol. The van der Waals surface area contributed by atoms with Crippen molar-refractivity contribution in [2.75, 3.05) is 17.2 Å². The molecule has 0 aromatic heterocycles. The van der Waals surface area contributed by atoms with Gasteiger partial charge in [-0.2, -0.15) is 0 Å². The second-order valence-electron chi connectivity index (χ2n) is 7.28. The average molecular weight is 308 g/mol. The third-order valence-corrected chi connectivity index (χ3v) is 4.47. The number of rotatable bonds is 1.